The van der Waals surface area contributed by atoms with Gasteiger partial charge in [0.2, 0.25) is 0 Å². The second kappa shape index (κ2) is 4.65. The van der Waals surface area contributed by atoms with Crippen LogP contribution in [0.3, 0.4) is 0 Å². The first-order valence-electron chi connectivity index (χ1n) is 6.07. The molecule has 0 amide bonds. The fourth-order valence-corrected chi connectivity index (χ4v) is 3.61. The van der Waals surface area contributed by atoms with Gasteiger partial charge in [0.05, 0.1) is 10.4 Å². The standard InChI is InChI=1S/C15H12ClNO2S/c1-11-2-3-12-8-9-17(15(12)10-11)20(18,19)14-6-4-13(16)5-7-14/h2-10H,1H3. The molecule has 0 saturated heterocycles. The van der Waals surface area contributed by atoms with Crippen LogP contribution in [0.1, 0.15) is 5.56 Å². The molecule has 0 bridgehead atoms. The van der Waals surface area contributed by atoms with E-state index in [4.69, 9.17) is 11.6 Å². The Labute approximate surface area is 122 Å². The van der Waals surface area contributed by atoms with Crippen LogP contribution in [0, 0.1) is 6.92 Å². The maximum absolute atomic E-state index is 12.7. The molecule has 2 aromatic carbocycles. The summed E-state index contributed by atoms with van der Waals surface area (Å²) >= 11 is 5.80. The van der Waals surface area contributed by atoms with Gasteiger partial charge in [-0.15, -0.1) is 0 Å². The Balaban J connectivity index is 2.23. The van der Waals surface area contributed by atoms with E-state index in [-0.39, 0.29) is 4.90 Å². The van der Waals surface area contributed by atoms with Crippen molar-refractivity contribution in [2.24, 2.45) is 0 Å². The van der Waals surface area contributed by atoms with E-state index >= 15 is 0 Å². The summed E-state index contributed by atoms with van der Waals surface area (Å²) in [5.74, 6) is 0. The molecule has 102 valence electrons. The van der Waals surface area contributed by atoms with Gasteiger partial charge in [-0.1, -0.05) is 23.7 Å². The van der Waals surface area contributed by atoms with Gasteiger partial charge < -0.3 is 0 Å². The lowest BCUT2D eigenvalue weighted by molar-refractivity contribution is 0.589. The number of nitrogens with zero attached hydrogens (tertiary/aromatic N) is 1. The highest BCUT2D eigenvalue weighted by atomic mass is 35.5. The molecular formula is C15H12ClNO2S. The molecule has 5 heteroatoms. The van der Waals surface area contributed by atoms with Crippen molar-refractivity contribution in [2.75, 3.05) is 0 Å². The average molecular weight is 306 g/mol. The van der Waals surface area contributed by atoms with E-state index < -0.39 is 10.0 Å². The Bertz CT molecular complexity index is 880. The van der Waals surface area contributed by atoms with Crippen LogP contribution in [-0.4, -0.2) is 12.4 Å². The van der Waals surface area contributed by atoms with Crippen LogP contribution < -0.4 is 0 Å². The zero-order chi connectivity index (χ0) is 14.3. The summed E-state index contributed by atoms with van der Waals surface area (Å²) in [6.07, 6.45) is 1.58. The summed E-state index contributed by atoms with van der Waals surface area (Å²) in [7, 11) is -3.60. The van der Waals surface area contributed by atoms with Crippen LogP contribution in [0.15, 0.2) is 59.6 Å². The van der Waals surface area contributed by atoms with Gasteiger partial charge in [0.1, 0.15) is 0 Å². The van der Waals surface area contributed by atoms with E-state index in [2.05, 4.69) is 0 Å². The highest BCUT2D eigenvalue weighted by molar-refractivity contribution is 7.90. The first-order valence-corrected chi connectivity index (χ1v) is 7.89. The lowest BCUT2D eigenvalue weighted by atomic mass is 10.2. The zero-order valence-corrected chi connectivity index (χ0v) is 12.3. The average Bonchev–Trinajstić information content (AvgIpc) is 2.82. The molecule has 3 rings (SSSR count). The molecule has 0 N–H and O–H groups in total. The van der Waals surface area contributed by atoms with Crippen molar-refractivity contribution >= 4 is 32.5 Å². The third kappa shape index (κ3) is 2.11. The minimum atomic E-state index is -3.60. The van der Waals surface area contributed by atoms with Gasteiger partial charge >= 0.3 is 0 Å². The van der Waals surface area contributed by atoms with Crippen LogP contribution in [-0.2, 0) is 10.0 Å². The van der Waals surface area contributed by atoms with E-state index in [1.54, 1.807) is 24.4 Å². The van der Waals surface area contributed by atoms with Crippen molar-refractivity contribution in [3.63, 3.8) is 0 Å². The number of rotatable bonds is 2. The summed E-state index contributed by atoms with van der Waals surface area (Å²) in [4.78, 5) is 0.223. The number of hydrogen-bond donors (Lipinski definition) is 0. The summed E-state index contributed by atoms with van der Waals surface area (Å²) < 4.78 is 26.6. The summed E-state index contributed by atoms with van der Waals surface area (Å²) in [5.41, 5.74) is 1.70. The van der Waals surface area contributed by atoms with Gasteiger partial charge in [0, 0.05) is 16.6 Å². The molecule has 0 unspecified atom stereocenters. The first-order chi connectivity index (χ1) is 9.48. The fraction of sp³-hybridized carbons (Fsp3) is 0.0667. The molecule has 0 radical (unpaired) electrons. The number of fused-ring (bicyclic) bond motifs is 1. The minimum absolute atomic E-state index is 0.223. The van der Waals surface area contributed by atoms with E-state index in [1.165, 1.54) is 16.1 Å². The number of hydrogen-bond acceptors (Lipinski definition) is 2. The predicted octanol–water partition coefficient (Wildman–Crippen LogP) is 3.84. The van der Waals surface area contributed by atoms with Crippen molar-refractivity contribution in [1.82, 2.24) is 3.97 Å². The molecule has 0 aliphatic rings. The maximum Gasteiger partial charge on any atom is 0.268 e. The third-order valence-corrected chi connectivity index (χ3v) is 5.14. The molecule has 3 nitrogen and oxygen atoms in total. The number of aryl methyl sites for hydroxylation is 1. The van der Waals surface area contributed by atoms with Gasteiger partial charge in [-0.3, -0.25) is 0 Å². The molecule has 1 heterocycles. The lowest BCUT2D eigenvalue weighted by Crippen LogP contribution is -2.11. The molecule has 0 fully saturated rings. The van der Waals surface area contributed by atoms with Crippen LogP contribution in [0.25, 0.3) is 10.9 Å². The fourth-order valence-electron chi connectivity index (χ4n) is 2.14. The molecule has 0 aliphatic heterocycles. The predicted molar refractivity (Wildman–Crippen MR) is 80.7 cm³/mol. The normalized spacial score (nSPS) is 11.9. The second-order valence-corrected chi connectivity index (χ2v) is 6.88. The van der Waals surface area contributed by atoms with Crippen molar-refractivity contribution in [3.8, 4) is 0 Å². The molecule has 0 aliphatic carbocycles. The van der Waals surface area contributed by atoms with Crippen LogP contribution >= 0.6 is 11.6 Å². The Morgan fingerprint density at radius 3 is 2.40 bits per heavy atom. The lowest BCUT2D eigenvalue weighted by Gasteiger charge is -2.08. The van der Waals surface area contributed by atoms with Gasteiger partial charge in [0.25, 0.3) is 10.0 Å². The van der Waals surface area contributed by atoms with E-state index in [1.807, 2.05) is 25.1 Å². The van der Waals surface area contributed by atoms with Crippen molar-refractivity contribution in [2.45, 2.75) is 11.8 Å². The summed E-state index contributed by atoms with van der Waals surface area (Å²) in [5, 5.41) is 1.41. The van der Waals surface area contributed by atoms with Gasteiger partial charge in [0.15, 0.2) is 0 Å². The quantitative estimate of drug-likeness (QED) is 0.721. The van der Waals surface area contributed by atoms with Crippen LogP contribution in [0.4, 0.5) is 0 Å². The van der Waals surface area contributed by atoms with Gasteiger partial charge in [-0.2, -0.15) is 0 Å². The van der Waals surface area contributed by atoms with Crippen molar-refractivity contribution in [3.05, 3.63) is 65.3 Å². The molecule has 1 aromatic heterocycles. The number of benzene rings is 2. The second-order valence-electron chi connectivity index (χ2n) is 4.63. The summed E-state index contributed by atoms with van der Waals surface area (Å²) in [6.45, 7) is 1.94. The van der Waals surface area contributed by atoms with E-state index in [0.717, 1.165) is 10.9 Å². The molecule has 0 saturated carbocycles. The number of aromatic nitrogens is 1. The van der Waals surface area contributed by atoms with Crippen LogP contribution in [0.2, 0.25) is 5.02 Å². The SMILES string of the molecule is Cc1ccc2ccn(S(=O)(=O)c3ccc(Cl)cc3)c2c1. The van der Waals surface area contributed by atoms with Crippen molar-refractivity contribution < 1.29 is 8.42 Å². The van der Waals surface area contributed by atoms with Crippen LogP contribution in [0.5, 0.6) is 0 Å². The smallest absolute Gasteiger partial charge is 0.241 e. The Kier molecular flexibility index (Phi) is 3.07. The molecule has 20 heavy (non-hydrogen) atoms. The number of halogens is 1. The Morgan fingerprint density at radius 2 is 1.70 bits per heavy atom. The Morgan fingerprint density at radius 1 is 1.00 bits per heavy atom. The third-order valence-electron chi connectivity index (χ3n) is 3.18. The van der Waals surface area contributed by atoms with Crippen molar-refractivity contribution in [1.29, 1.82) is 0 Å². The molecule has 0 spiro atoms. The zero-order valence-electron chi connectivity index (χ0n) is 10.7. The molecule has 3 aromatic rings. The highest BCUT2D eigenvalue weighted by Crippen LogP contribution is 2.23. The Hall–Kier alpha value is -1.78. The largest absolute Gasteiger partial charge is 0.268 e. The van der Waals surface area contributed by atoms with E-state index in [0.29, 0.717) is 10.5 Å². The highest BCUT2D eigenvalue weighted by Gasteiger charge is 2.18. The van der Waals surface area contributed by atoms with Gasteiger partial charge in [-0.25, -0.2) is 12.4 Å². The minimum Gasteiger partial charge on any atom is -0.241 e. The molecular weight excluding hydrogens is 294 g/mol. The molecule has 0 atom stereocenters. The topological polar surface area (TPSA) is 39.1 Å². The maximum atomic E-state index is 12.7. The first kappa shape index (κ1) is 13.2. The van der Waals surface area contributed by atoms with Gasteiger partial charge in [-0.05, 0) is 48.9 Å². The van der Waals surface area contributed by atoms with E-state index in [9.17, 15) is 8.42 Å². The monoisotopic (exact) mass is 305 g/mol. The summed E-state index contributed by atoms with van der Waals surface area (Å²) in [6, 6.07) is 13.7.